The van der Waals surface area contributed by atoms with Gasteiger partial charge in [-0.05, 0) is 49.7 Å². The van der Waals surface area contributed by atoms with Crippen LogP contribution >= 0.6 is 23.8 Å². The van der Waals surface area contributed by atoms with E-state index in [1.165, 1.54) is 5.56 Å². The van der Waals surface area contributed by atoms with Gasteiger partial charge in [0.2, 0.25) is 0 Å². The van der Waals surface area contributed by atoms with Gasteiger partial charge >= 0.3 is 0 Å². The summed E-state index contributed by atoms with van der Waals surface area (Å²) < 4.78 is 1.75. The predicted molar refractivity (Wildman–Crippen MR) is 116 cm³/mol. The molecule has 0 unspecified atom stereocenters. The highest BCUT2D eigenvalue weighted by Crippen LogP contribution is 2.21. The van der Waals surface area contributed by atoms with E-state index >= 15 is 0 Å². The van der Waals surface area contributed by atoms with E-state index in [4.69, 9.17) is 23.8 Å². The van der Waals surface area contributed by atoms with Crippen molar-refractivity contribution in [2.45, 2.75) is 33.2 Å². The first kappa shape index (κ1) is 20.1. The van der Waals surface area contributed by atoms with Crippen LogP contribution in [0.3, 0.4) is 0 Å². The summed E-state index contributed by atoms with van der Waals surface area (Å²) in [6, 6.07) is 8.46. The number of nitrogens with one attached hydrogen (secondary N) is 1. The number of nitrogens with zero attached hydrogens (tertiary/aromatic N) is 4. The van der Waals surface area contributed by atoms with Gasteiger partial charge in [-0.3, -0.25) is 9.58 Å². The Kier molecular flexibility index (Phi) is 6.73. The second-order valence-corrected chi connectivity index (χ2v) is 7.82. The number of benzene rings is 1. The standard InChI is InChI=1S/C20H28ClN5S/c1-4-16-7-5-8-17(13-16)22-20(27)26-10-6-9-25(11-12-26)14-18-15(2)23-24(3)19(18)21/h5,7-8,13H,4,6,9-12,14H2,1-3H3,(H,22,27). The molecule has 1 aromatic heterocycles. The van der Waals surface area contributed by atoms with E-state index in [1.54, 1.807) is 4.68 Å². The highest BCUT2D eigenvalue weighted by atomic mass is 35.5. The molecule has 27 heavy (non-hydrogen) atoms. The minimum atomic E-state index is 0.738. The third-order valence-corrected chi connectivity index (χ3v) is 5.95. The summed E-state index contributed by atoms with van der Waals surface area (Å²) in [4.78, 5) is 4.71. The molecule has 0 saturated carbocycles. The van der Waals surface area contributed by atoms with E-state index in [-0.39, 0.29) is 0 Å². The maximum Gasteiger partial charge on any atom is 0.173 e. The average Bonchev–Trinajstić information content (AvgIpc) is 2.84. The lowest BCUT2D eigenvalue weighted by molar-refractivity contribution is 0.277. The number of thiocarbonyl (C=S) groups is 1. The van der Waals surface area contributed by atoms with E-state index in [1.807, 2.05) is 14.0 Å². The molecule has 0 spiro atoms. The Balaban J connectivity index is 1.58. The maximum atomic E-state index is 6.40. The van der Waals surface area contributed by atoms with Gasteiger partial charge < -0.3 is 10.2 Å². The Hall–Kier alpha value is -1.63. The van der Waals surface area contributed by atoms with Crippen LogP contribution in [-0.2, 0) is 20.0 Å². The quantitative estimate of drug-likeness (QED) is 0.782. The Morgan fingerprint density at radius 3 is 2.78 bits per heavy atom. The van der Waals surface area contributed by atoms with Crippen LogP contribution in [0, 0.1) is 6.92 Å². The van der Waals surface area contributed by atoms with Gasteiger partial charge in [0, 0.05) is 51.0 Å². The van der Waals surface area contributed by atoms with Gasteiger partial charge in [-0.2, -0.15) is 5.10 Å². The van der Waals surface area contributed by atoms with E-state index in [0.717, 1.165) is 72.8 Å². The molecule has 2 heterocycles. The van der Waals surface area contributed by atoms with Crippen LogP contribution in [-0.4, -0.2) is 50.9 Å². The van der Waals surface area contributed by atoms with Crippen LogP contribution in [0.2, 0.25) is 5.15 Å². The summed E-state index contributed by atoms with van der Waals surface area (Å²) in [5, 5.41) is 9.37. The Bertz CT molecular complexity index is 804. The van der Waals surface area contributed by atoms with Crippen LogP contribution in [0.25, 0.3) is 0 Å². The first-order valence-electron chi connectivity index (χ1n) is 9.53. The van der Waals surface area contributed by atoms with Gasteiger partial charge in [0.25, 0.3) is 0 Å². The molecule has 1 aromatic carbocycles. The smallest absolute Gasteiger partial charge is 0.173 e. The molecule has 1 fully saturated rings. The molecule has 1 aliphatic heterocycles. The van der Waals surface area contributed by atoms with Crippen molar-refractivity contribution in [3.8, 4) is 0 Å². The lowest BCUT2D eigenvalue weighted by Crippen LogP contribution is -2.37. The lowest BCUT2D eigenvalue weighted by Gasteiger charge is -2.25. The van der Waals surface area contributed by atoms with E-state index in [0.29, 0.717) is 0 Å². The zero-order chi connectivity index (χ0) is 19.4. The van der Waals surface area contributed by atoms with Gasteiger partial charge in [-0.1, -0.05) is 30.7 Å². The molecular formula is C20H28ClN5S. The molecule has 1 aliphatic rings. The SMILES string of the molecule is CCc1cccc(NC(=S)N2CCCN(Cc3c(C)nn(C)c3Cl)CC2)c1. The van der Waals surface area contributed by atoms with Gasteiger partial charge in [-0.25, -0.2) is 0 Å². The molecule has 0 amide bonds. The highest BCUT2D eigenvalue weighted by Gasteiger charge is 2.20. The fourth-order valence-corrected chi connectivity index (χ4v) is 4.02. The van der Waals surface area contributed by atoms with Crippen LogP contribution in [0.15, 0.2) is 24.3 Å². The maximum absolute atomic E-state index is 6.40. The first-order valence-corrected chi connectivity index (χ1v) is 10.3. The van der Waals surface area contributed by atoms with Crippen molar-refractivity contribution in [1.29, 1.82) is 0 Å². The number of hydrogen-bond donors (Lipinski definition) is 1. The summed E-state index contributed by atoms with van der Waals surface area (Å²) >= 11 is 12.1. The molecule has 5 nitrogen and oxygen atoms in total. The number of rotatable bonds is 4. The van der Waals surface area contributed by atoms with E-state index in [2.05, 4.69) is 51.4 Å². The molecule has 7 heteroatoms. The fourth-order valence-electron chi connectivity index (χ4n) is 3.48. The van der Waals surface area contributed by atoms with Gasteiger partial charge in [-0.15, -0.1) is 0 Å². The summed E-state index contributed by atoms with van der Waals surface area (Å²) in [5.74, 6) is 0. The summed E-state index contributed by atoms with van der Waals surface area (Å²) in [7, 11) is 1.89. The zero-order valence-electron chi connectivity index (χ0n) is 16.3. The Morgan fingerprint density at radius 1 is 1.26 bits per heavy atom. The van der Waals surface area contributed by atoms with Crippen molar-refractivity contribution in [3.63, 3.8) is 0 Å². The Morgan fingerprint density at radius 2 is 2.07 bits per heavy atom. The molecule has 0 atom stereocenters. The number of hydrogen-bond acceptors (Lipinski definition) is 3. The second-order valence-electron chi connectivity index (χ2n) is 7.08. The topological polar surface area (TPSA) is 36.3 Å². The third kappa shape index (κ3) is 5.00. The van der Waals surface area contributed by atoms with Crippen molar-refractivity contribution in [3.05, 3.63) is 46.2 Å². The molecule has 1 saturated heterocycles. The number of anilines is 1. The number of aryl methyl sites for hydroxylation is 3. The molecular weight excluding hydrogens is 378 g/mol. The normalized spacial score (nSPS) is 15.6. The molecule has 1 N–H and O–H groups in total. The van der Waals surface area contributed by atoms with Gasteiger partial charge in [0.15, 0.2) is 5.11 Å². The van der Waals surface area contributed by atoms with Crippen LogP contribution in [0.5, 0.6) is 0 Å². The number of halogens is 1. The van der Waals surface area contributed by atoms with Crippen LogP contribution < -0.4 is 5.32 Å². The average molecular weight is 406 g/mol. The molecule has 2 aromatic rings. The third-order valence-electron chi connectivity index (χ3n) is 5.11. The minimum Gasteiger partial charge on any atom is -0.348 e. The van der Waals surface area contributed by atoms with Crippen molar-refractivity contribution in [1.82, 2.24) is 19.6 Å². The molecule has 0 radical (unpaired) electrons. The summed E-state index contributed by atoms with van der Waals surface area (Å²) in [5.41, 5.74) is 4.52. The first-order chi connectivity index (χ1) is 13.0. The monoisotopic (exact) mass is 405 g/mol. The van der Waals surface area contributed by atoms with Crippen LogP contribution in [0.4, 0.5) is 5.69 Å². The molecule has 3 rings (SSSR count). The molecule has 0 aliphatic carbocycles. The largest absolute Gasteiger partial charge is 0.348 e. The van der Waals surface area contributed by atoms with Gasteiger partial charge in [0.05, 0.1) is 5.69 Å². The minimum absolute atomic E-state index is 0.738. The van der Waals surface area contributed by atoms with Gasteiger partial charge in [0.1, 0.15) is 5.15 Å². The number of aromatic nitrogens is 2. The second kappa shape index (κ2) is 9.04. The predicted octanol–water partition coefficient (Wildman–Crippen LogP) is 3.85. The summed E-state index contributed by atoms with van der Waals surface area (Å²) in [6.45, 7) is 8.90. The summed E-state index contributed by atoms with van der Waals surface area (Å²) in [6.07, 6.45) is 2.10. The van der Waals surface area contributed by atoms with Crippen molar-refractivity contribution >= 4 is 34.6 Å². The van der Waals surface area contributed by atoms with Crippen molar-refractivity contribution in [2.75, 3.05) is 31.5 Å². The lowest BCUT2D eigenvalue weighted by atomic mass is 10.1. The fraction of sp³-hybridized carbons (Fsp3) is 0.500. The van der Waals surface area contributed by atoms with Crippen LogP contribution in [0.1, 0.15) is 30.2 Å². The Labute approximate surface area is 172 Å². The highest BCUT2D eigenvalue weighted by molar-refractivity contribution is 7.80. The zero-order valence-corrected chi connectivity index (χ0v) is 17.9. The van der Waals surface area contributed by atoms with Crippen molar-refractivity contribution < 1.29 is 0 Å². The van der Waals surface area contributed by atoms with E-state index in [9.17, 15) is 0 Å². The molecule has 0 bridgehead atoms. The molecule has 146 valence electrons. The van der Waals surface area contributed by atoms with Crippen molar-refractivity contribution in [2.24, 2.45) is 7.05 Å². The van der Waals surface area contributed by atoms with E-state index < -0.39 is 0 Å².